The van der Waals surface area contributed by atoms with Crippen molar-refractivity contribution < 1.29 is 9.53 Å². The second-order valence-electron chi connectivity index (χ2n) is 8.60. The number of carbonyl (C=O) groups excluding carboxylic acids is 1. The molecule has 1 N–H and O–H groups in total. The van der Waals surface area contributed by atoms with Crippen LogP contribution in [-0.2, 0) is 10.2 Å². The van der Waals surface area contributed by atoms with Gasteiger partial charge in [0, 0.05) is 11.9 Å². The third-order valence-electron chi connectivity index (χ3n) is 5.08. The number of allylic oxidation sites excluding steroid dienone is 1. The van der Waals surface area contributed by atoms with Crippen molar-refractivity contribution in [2.24, 2.45) is 0 Å². The molecule has 0 heterocycles. The van der Waals surface area contributed by atoms with Gasteiger partial charge in [-0.1, -0.05) is 109 Å². The first-order chi connectivity index (χ1) is 15.3. The number of amides is 1. The fraction of sp³-hybridized carbons (Fsp3) is 0.214. The van der Waals surface area contributed by atoms with Gasteiger partial charge in [-0.25, -0.2) is 4.79 Å². The Morgan fingerprint density at radius 1 is 0.812 bits per heavy atom. The zero-order chi connectivity index (χ0) is 23.0. The summed E-state index contributed by atoms with van der Waals surface area (Å²) in [6.07, 6.45) is 1.68. The first kappa shape index (κ1) is 23.4. The molecule has 0 bridgehead atoms. The van der Waals surface area contributed by atoms with Crippen molar-refractivity contribution in [1.29, 1.82) is 0 Å². The summed E-state index contributed by atoms with van der Waals surface area (Å²) in [6.45, 7) is 5.79. The van der Waals surface area contributed by atoms with E-state index in [0.29, 0.717) is 0 Å². The van der Waals surface area contributed by atoms with Crippen LogP contribution in [0.3, 0.4) is 0 Å². The van der Waals surface area contributed by atoms with Gasteiger partial charge < -0.3 is 10.1 Å². The number of ether oxygens (including phenoxy) is 1. The normalized spacial score (nSPS) is 12.2. The van der Waals surface area contributed by atoms with E-state index in [4.69, 9.17) is 17.0 Å². The Hall–Kier alpha value is -3.24. The number of hydrogen-bond acceptors (Lipinski definition) is 3. The number of hydrogen-bond donors (Lipinski definition) is 1. The molecule has 3 nitrogen and oxygen atoms in total. The molecule has 0 aliphatic heterocycles. The molecule has 0 saturated carbocycles. The number of thiocarbonyl (C=S) groups is 1. The Morgan fingerprint density at radius 3 is 1.56 bits per heavy atom. The van der Waals surface area contributed by atoms with Gasteiger partial charge in [0.05, 0.1) is 5.41 Å². The van der Waals surface area contributed by atoms with Gasteiger partial charge in [-0.2, -0.15) is 0 Å². The lowest BCUT2D eigenvalue weighted by Crippen LogP contribution is -2.34. The highest BCUT2D eigenvalue weighted by molar-refractivity contribution is 7.79. The van der Waals surface area contributed by atoms with E-state index in [0.717, 1.165) is 22.3 Å². The van der Waals surface area contributed by atoms with Crippen molar-refractivity contribution in [3.8, 4) is 0 Å². The number of alkyl carbamates (subject to hydrolysis) is 1. The lowest BCUT2D eigenvalue weighted by molar-refractivity contribution is 0.0533. The SMILES string of the molecule is CC(C)(C)OC(=O)NC/C(C=S)=C\C(c1ccccc1)(c1ccccc1)c1ccccc1. The minimum atomic E-state index is -0.579. The summed E-state index contributed by atoms with van der Waals surface area (Å²) in [4.78, 5) is 12.2. The summed E-state index contributed by atoms with van der Waals surface area (Å²) < 4.78 is 5.39. The summed E-state index contributed by atoms with van der Waals surface area (Å²) in [5, 5.41) is 4.47. The maximum atomic E-state index is 12.2. The average Bonchev–Trinajstić information content (AvgIpc) is 2.80. The largest absolute Gasteiger partial charge is 0.444 e. The highest BCUT2D eigenvalue weighted by atomic mass is 32.1. The van der Waals surface area contributed by atoms with Gasteiger partial charge in [-0.15, -0.1) is 0 Å². The van der Waals surface area contributed by atoms with Gasteiger partial charge >= 0.3 is 6.09 Å². The average molecular weight is 444 g/mol. The quantitative estimate of drug-likeness (QED) is 0.258. The monoisotopic (exact) mass is 443 g/mol. The Labute approximate surface area is 196 Å². The maximum Gasteiger partial charge on any atom is 0.407 e. The molecule has 1 amide bonds. The molecule has 32 heavy (non-hydrogen) atoms. The van der Waals surface area contributed by atoms with Crippen LogP contribution in [0.4, 0.5) is 4.79 Å². The summed E-state index contributed by atoms with van der Waals surface area (Å²) in [6, 6.07) is 31.0. The molecular weight excluding hydrogens is 414 g/mol. The lowest BCUT2D eigenvalue weighted by atomic mass is 9.68. The van der Waals surface area contributed by atoms with Gasteiger partial charge in [0.1, 0.15) is 5.60 Å². The molecule has 0 radical (unpaired) electrons. The van der Waals surface area contributed by atoms with Crippen LogP contribution in [0.15, 0.2) is 103 Å². The number of rotatable bonds is 7. The molecule has 0 aromatic heterocycles. The van der Waals surface area contributed by atoms with Gasteiger partial charge in [-0.3, -0.25) is 0 Å². The summed E-state index contributed by atoms with van der Waals surface area (Å²) >= 11 is 5.37. The van der Waals surface area contributed by atoms with Crippen LogP contribution < -0.4 is 5.32 Å². The van der Waals surface area contributed by atoms with E-state index in [1.165, 1.54) is 0 Å². The van der Waals surface area contributed by atoms with Gasteiger partial charge in [0.15, 0.2) is 0 Å². The van der Waals surface area contributed by atoms with Crippen LogP contribution in [0.5, 0.6) is 0 Å². The third-order valence-corrected chi connectivity index (χ3v) is 5.38. The highest BCUT2D eigenvalue weighted by Gasteiger charge is 2.34. The minimum absolute atomic E-state index is 0.271. The molecule has 0 aliphatic carbocycles. The van der Waals surface area contributed by atoms with Crippen molar-refractivity contribution in [3.63, 3.8) is 0 Å². The smallest absolute Gasteiger partial charge is 0.407 e. The topological polar surface area (TPSA) is 38.3 Å². The molecule has 3 aromatic rings. The molecule has 0 spiro atoms. The number of nitrogens with one attached hydrogen (secondary N) is 1. The van der Waals surface area contributed by atoms with Crippen molar-refractivity contribution in [1.82, 2.24) is 5.32 Å². The van der Waals surface area contributed by atoms with Crippen LogP contribution in [-0.4, -0.2) is 23.6 Å². The first-order valence-electron chi connectivity index (χ1n) is 10.7. The number of carbonyl (C=O) groups is 1. The second kappa shape index (κ2) is 10.4. The van der Waals surface area contributed by atoms with Crippen LogP contribution in [0.2, 0.25) is 0 Å². The summed E-state index contributed by atoms with van der Waals surface area (Å²) in [7, 11) is 0. The van der Waals surface area contributed by atoms with E-state index in [1.807, 2.05) is 75.4 Å². The molecule has 0 saturated heterocycles. The Balaban J connectivity index is 2.13. The van der Waals surface area contributed by atoms with Crippen LogP contribution in [0.25, 0.3) is 0 Å². The standard InChI is InChI=1S/C28H29NO2S/c1-27(2,3)31-26(30)29-20-22(21-32)19-28(23-13-7-4-8-14-23,24-15-9-5-10-16-24)25-17-11-6-12-18-25/h4-19,21H,20H2,1-3H3,(H,29,30)/b22-19+. The molecule has 0 unspecified atom stereocenters. The van der Waals surface area contributed by atoms with Crippen LogP contribution in [0, 0.1) is 0 Å². The van der Waals surface area contributed by atoms with E-state index in [2.05, 4.69) is 47.8 Å². The van der Waals surface area contributed by atoms with E-state index in [1.54, 1.807) is 5.37 Å². The molecule has 4 heteroatoms. The van der Waals surface area contributed by atoms with Crippen molar-refractivity contribution in [2.45, 2.75) is 31.8 Å². The molecule has 164 valence electrons. The first-order valence-corrected chi connectivity index (χ1v) is 11.1. The van der Waals surface area contributed by atoms with E-state index >= 15 is 0 Å². The fourth-order valence-corrected chi connectivity index (χ4v) is 3.90. The van der Waals surface area contributed by atoms with Crippen molar-refractivity contribution in [2.75, 3.05) is 6.54 Å². The summed E-state index contributed by atoms with van der Waals surface area (Å²) in [5.41, 5.74) is 3.02. The third kappa shape index (κ3) is 5.71. The Kier molecular flexibility index (Phi) is 7.60. The predicted octanol–water partition coefficient (Wildman–Crippen LogP) is 6.47. The molecular formula is C28H29NO2S. The second-order valence-corrected chi connectivity index (χ2v) is 8.83. The zero-order valence-corrected chi connectivity index (χ0v) is 19.6. The molecule has 3 rings (SSSR count). The fourth-order valence-electron chi connectivity index (χ4n) is 3.75. The zero-order valence-electron chi connectivity index (χ0n) is 18.7. The van der Waals surface area contributed by atoms with Gasteiger partial charge in [0.25, 0.3) is 0 Å². The maximum absolute atomic E-state index is 12.2. The van der Waals surface area contributed by atoms with E-state index < -0.39 is 17.1 Å². The van der Waals surface area contributed by atoms with Crippen LogP contribution in [0.1, 0.15) is 37.5 Å². The predicted molar refractivity (Wildman–Crippen MR) is 135 cm³/mol. The van der Waals surface area contributed by atoms with Crippen LogP contribution >= 0.6 is 12.2 Å². The lowest BCUT2D eigenvalue weighted by Gasteiger charge is -2.34. The molecule has 0 atom stereocenters. The van der Waals surface area contributed by atoms with Gasteiger partial charge in [0.2, 0.25) is 0 Å². The number of benzene rings is 3. The molecule has 0 fully saturated rings. The minimum Gasteiger partial charge on any atom is -0.444 e. The molecule has 3 aromatic carbocycles. The van der Waals surface area contributed by atoms with E-state index in [9.17, 15) is 4.79 Å². The van der Waals surface area contributed by atoms with E-state index in [-0.39, 0.29) is 6.54 Å². The Bertz CT molecular complexity index is 958. The summed E-state index contributed by atoms with van der Waals surface area (Å²) in [5.74, 6) is 0. The van der Waals surface area contributed by atoms with Crippen molar-refractivity contribution in [3.05, 3.63) is 119 Å². The molecule has 0 aliphatic rings. The Morgan fingerprint density at radius 2 is 1.22 bits per heavy atom. The highest BCUT2D eigenvalue weighted by Crippen LogP contribution is 2.41. The van der Waals surface area contributed by atoms with Crippen molar-refractivity contribution >= 4 is 23.7 Å². The van der Waals surface area contributed by atoms with Gasteiger partial charge in [-0.05, 0) is 43.0 Å².